The predicted molar refractivity (Wildman–Crippen MR) is 92.6 cm³/mol. The van der Waals surface area contributed by atoms with E-state index in [1.165, 1.54) is 5.56 Å². The van der Waals surface area contributed by atoms with Crippen molar-refractivity contribution in [2.75, 3.05) is 26.8 Å². The highest BCUT2D eigenvalue weighted by Crippen LogP contribution is 2.27. The molecular formula is C19H23N3O2. The number of likely N-dealkylation sites (tertiary alicyclic amines) is 1. The minimum Gasteiger partial charge on any atom is -0.375 e. The molecule has 1 fully saturated rings. The van der Waals surface area contributed by atoms with Crippen LogP contribution in [0.4, 0.5) is 0 Å². The maximum Gasteiger partial charge on any atom is 0.248 e. The van der Waals surface area contributed by atoms with Crippen LogP contribution in [0.3, 0.4) is 0 Å². The van der Waals surface area contributed by atoms with Crippen molar-refractivity contribution in [1.82, 2.24) is 14.9 Å². The zero-order chi connectivity index (χ0) is 16.9. The fourth-order valence-electron chi connectivity index (χ4n) is 3.10. The van der Waals surface area contributed by atoms with E-state index >= 15 is 0 Å². The Morgan fingerprint density at radius 1 is 1.29 bits per heavy atom. The second-order valence-corrected chi connectivity index (χ2v) is 6.28. The van der Waals surface area contributed by atoms with E-state index in [-0.39, 0.29) is 18.4 Å². The molecule has 1 atom stereocenters. The summed E-state index contributed by atoms with van der Waals surface area (Å²) in [5.41, 5.74) is 3.25. The molecule has 0 saturated carbocycles. The van der Waals surface area contributed by atoms with Crippen LogP contribution in [0.1, 0.15) is 30.0 Å². The SMILES string of the molecule is COCC(=O)N1CCC[C@@H](c2ccnc(-c3ccc(C)cc3)n2)C1. The van der Waals surface area contributed by atoms with Gasteiger partial charge < -0.3 is 9.64 Å². The fraction of sp³-hybridized carbons (Fsp3) is 0.421. The summed E-state index contributed by atoms with van der Waals surface area (Å²) in [6.45, 7) is 3.71. The lowest BCUT2D eigenvalue weighted by Crippen LogP contribution is -2.41. The lowest BCUT2D eigenvalue weighted by Gasteiger charge is -2.32. The van der Waals surface area contributed by atoms with Gasteiger partial charge in [-0.1, -0.05) is 29.8 Å². The van der Waals surface area contributed by atoms with Crippen molar-refractivity contribution < 1.29 is 9.53 Å². The van der Waals surface area contributed by atoms with Crippen molar-refractivity contribution in [3.05, 3.63) is 47.8 Å². The Morgan fingerprint density at radius 3 is 2.83 bits per heavy atom. The number of aromatic nitrogens is 2. The Kier molecular flexibility index (Phi) is 5.20. The van der Waals surface area contributed by atoms with Gasteiger partial charge in [0.1, 0.15) is 6.61 Å². The summed E-state index contributed by atoms with van der Waals surface area (Å²) in [5.74, 6) is 1.05. The predicted octanol–water partition coefficient (Wildman–Crippen LogP) is 2.80. The number of hydrogen-bond acceptors (Lipinski definition) is 4. The first-order valence-electron chi connectivity index (χ1n) is 8.34. The van der Waals surface area contributed by atoms with Crippen LogP contribution in [0.2, 0.25) is 0 Å². The fourth-order valence-corrected chi connectivity index (χ4v) is 3.10. The van der Waals surface area contributed by atoms with Crippen LogP contribution in [0.15, 0.2) is 36.5 Å². The molecule has 0 bridgehead atoms. The van der Waals surface area contributed by atoms with Crippen LogP contribution < -0.4 is 0 Å². The van der Waals surface area contributed by atoms with E-state index in [2.05, 4.69) is 24.0 Å². The molecule has 1 aromatic carbocycles. The third kappa shape index (κ3) is 3.79. The third-order valence-electron chi connectivity index (χ3n) is 4.45. The minimum absolute atomic E-state index is 0.0509. The van der Waals surface area contributed by atoms with Crippen LogP contribution in [-0.2, 0) is 9.53 Å². The van der Waals surface area contributed by atoms with Crippen LogP contribution in [0.5, 0.6) is 0 Å². The Bertz CT molecular complexity index is 700. The minimum atomic E-state index is 0.0509. The van der Waals surface area contributed by atoms with Gasteiger partial charge in [-0.3, -0.25) is 4.79 Å². The number of carbonyl (C=O) groups is 1. The van der Waals surface area contributed by atoms with Gasteiger partial charge in [0.2, 0.25) is 5.91 Å². The average molecular weight is 325 g/mol. The van der Waals surface area contributed by atoms with Gasteiger partial charge in [0.25, 0.3) is 0 Å². The van der Waals surface area contributed by atoms with Crippen molar-refractivity contribution in [3.8, 4) is 11.4 Å². The second-order valence-electron chi connectivity index (χ2n) is 6.28. The first-order chi connectivity index (χ1) is 11.7. The van der Waals surface area contributed by atoms with Crippen LogP contribution in [0, 0.1) is 6.92 Å². The van der Waals surface area contributed by atoms with Gasteiger partial charge in [-0.25, -0.2) is 9.97 Å². The molecule has 1 aliphatic heterocycles. The molecule has 24 heavy (non-hydrogen) atoms. The van der Waals surface area contributed by atoms with Gasteiger partial charge in [-0.15, -0.1) is 0 Å². The maximum atomic E-state index is 12.1. The van der Waals surface area contributed by atoms with Crippen LogP contribution in [0.25, 0.3) is 11.4 Å². The maximum absolute atomic E-state index is 12.1. The second kappa shape index (κ2) is 7.53. The van der Waals surface area contributed by atoms with E-state index < -0.39 is 0 Å². The molecule has 0 spiro atoms. The normalized spacial score (nSPS) is 17.8. The molecule has 0 unspecified atom stereocenters. The van der Waals surface area contributed by atoms with E-state index in [4.69, 9.17) is 9.72 Å². The summed E-state index contributed by atoms with van der Waals surface area (Å²) < 4.78 is 4.97. The molecular weight excluding hydrogens is 302 g/mol. The molecule has 1 amide bonds. The largest absolute Gasteiger partial charge is 0.375 e. The van der Waals surface area contributed by atoms with Gasteiger partial charge in [-0.05, 0) is 25.8 Å². The number of rotatable bonds is 4. The van der Waals surface area contributed by atoms with Crippen molar-refractivity contribution in [3.63, 3.8) is 0 Å². The highest BCUT2D eigenvalue weighted by molar-refractivity contribution is 5.77. The Labute approximate surface area is 142 Å². The molecule has 5 heteroatoms. The summed E-state index contributed by atoms with van der Waals surface area (Å²) in [6.07, 6.45) is 3.85. The molecule has 0 radical (unpaired) electrons. The number of ether oxygens (including phenoxy) is 1. The summed E-state index contributed by atoms with van der Waals surface area (Å²) >= 11 is 0. The van der Waals surface area contributed by atoms with E-state index in [9.17, 15) is 4.79 Å². The Balaban J connectivity index is 1.78. The summed E-state index contributed by atoms with van der Waals surface area (Å²) in [4.78, 5) is 23.1. The monoisotopic (exact) mass is 325 g/mol. The number of methoxy groups -OCH3 is 1. The average Bonchev–Trinajstić information content (AvgIpc) is 2.63. The highest BCUT2D eigenvalue weighted by Gasteiger charge is 2.25. The third-order valence-corrected chi connectivity index (χ3v) is 4.45. The van der Waals surface area contributed by atoms with Gasteiger partial charge in [-0.2, -0.15) is 0 Å². The molecule has 2 aromatic rings. The first kappa shape index (κ1) is 16.6. The summed E-state index contributed by atoms with van der Waals surface area (Å²) in [7, 11) is 1.55. The van der Waals surface area contributed by atoms with Crippen molar-refractivity contribution in [2.45, 2.75) is 25.7 Å². The Hall–Kier alpha value is -2.27. The van der Waals surface area contributed by atoms with Gasteiger partial charge in [0.05, 0.1) is 0 Å². The number of piperidine rings is 1. The number of carbonyl (C=O) groups excluding carboxylic acids is 1. The van der Waals surface area contributed by atoms with Gasteiger partial charge in [0, 0.05) is 43.6 Å². The zero-order valence-electron chi connectivity index (χ0n) is 14.2. The quantitative estimate of drug-likeness (QED) is 0.867. The number of hydrogen-bond donors (Lipinski definition) is 0. The van der Waals surface area contributed by atoms with E-state index in [0.717, 1.165) is 36.5 Å². The molecule has 2 heterocycles. The molecule has 1 aromatic heterocycles. The topological polar surface area (TPSA) is 55.3 Å². The standard InChI is InChI=1S/C19H23N3O2/c1-14-5-7-15(8-6-14)19-20-10-9-17(21-19)16-4-3-11-22(12-16)18(23)13-24-2/h5-10,16H,3-4,11-13H2,1-2H3/t16-/m1/s1. The lowest BCUT2D eigenvalue weighted by atomic mass is 9.94. The molecule has 0 aliphatic carbocycles. The van der Waals surface area contributed by atoms with Crippen molar-refractivity contribution in [2.24, 2.45) is 0 Å². The summed E-state index contributed by atoms with van der Waals surface area (Å²) in [5, 5.41) is 0. The smallest absolute Gasteiger partial charge is 0.248 e. The first-order valence-corrected chi connectivity index (χ1v) is 8.34. The molecule has 3 rings (SSSR count). The molecule has 1 aliphatic rings. The number of aryl methyl sites for hydroxylation is 1. The number of nitrogens with zero attached hydrogens (tertiary/aromatic N) is 3. The molecule has 1 saturated heterocycles. The van der Waals surface area contributed by atoms with Crippen molar-refractivity contribution >= 4 is 5.91 Å². The van der Waals surface area contributed by atoms with Crippen molar-refractivity contribution in [1.29, 1.82) is 0 Å². The Morgan fingerprint density at radius 2 is 2.08 bits per heavy atom. The van der Waals surface area contributed by atoms with Crippen LogP contribution >= 0.6 is 0 Å². The van der Waals surface area contributed by atoms with Crippen LogP contribution in [-0.4, -0.2) is 47.6 Å². The van der Waals surface area contributed by atoms with E-state index in [0.29, 0.717) is 6.54 Å². The lowest BCUT2D eigenvalue weighted by molar-refractivity contribution is -0.136. The number of amides is 1. The zero-order valence-corrected chi connectivity index (χ0v) is 14.2. The summed E-state index contributed by atoms with van der Waals surface area (Å²) in [6, 6.07) is 10.2. The van der Waals surface area contributed by atoms with E-state index in [1.807, 2.05) is 29.3 Å². The molecule has 5 nitrogen and oxygen atoms in total. The number of benzene rings is 1. The van der Waals surface area contributed by atoms with E-state index in [1.54, 1.807) is 7.11 Å². The molecule has 126 valence electrons. The van der Waals surface area contributed by atoms with Gasteiger partial charge >= 0.3 is 0 Å². The highest BCUT2D eigenvalue weighted by atomic mass is 16.5. The van der Waals surface area contributed by atoms with Gasteiger partial charge in [0.15, 0.2) is 5.82 Å². The molecule has 0 N–H and O–H groups in total.